The molecule has 0 heterocycles. The highest BCUT2D eigenvalue weighted by atomic mass is 35.5. The van der Waals surface area contributed by atoms with Crippen LogP contribution in [0.1, 0.15) is 63.5 Å². The number of nitrogens with zero attached hydrogens (tertiary/aromatic N) is 1. The van der Waals surface area contributed by atoms with Crippen LogP contribution in [0.15, 0.2) is 24.3 Å². The van der Waals surface area contributed by atoms with Gasteiger partial charge in [-0.25, -0.2) is 4.39 Å². The van der Waals surface area contributed by atoms with Gasteiger partial charge < -0.3 is 10.2 Å². The fraction of sp³-hybridized carbons (Fsp3) is 0.600. The monoisotopic (exact) mass is 382 g/mol. The Kier molecular flexibility index (Phi) is 8.36. The lowest BCUT2D eigenvalue weighted by atomic mass is 10.0. The Labute approximate surface area is 160 Å². The topological polar surface area (TPSA) is 49.4 Å². The third kappa shape index (κ3) is 5.70. The second-order valence-electron chi connectivity index (χ2n) is 6.87. The molecule has 0 bridgehead atoms. The van der Waals surface area contributed by atoms with Crippen molar-refractivity contribution in [3.8, 4) is 0 Å². The van der Waals surface area contributed by atoms with Crippen LogP contribution in [-0.4, -0.2) is 35.2 Å². The molecule has 0 saturated heterocycles. The Morgan fingerprint density at radius 2 is 1.81 bits per heavy atom. The van der Waals surface area contributed by atoms with Gasteiger partial charge in [-0.1, -0.05) is 44.7 Å². The molecular weight excluding hydrogens is 355 g/mol. The highest BCUT2D eigenvalue weighted by molar-refractivity contribution is 6.27. The minimum Gasteiger partial charge on any atom is -0.351 e. The van der Waals surface area contributed by atoms with Crippen molar-refractivity contribution < 1.29 is 14.0 Å². The van der Waals surface area contributed by atoms with E-state index in [1.165, 1.54) is 29.9 Å². The number of halogens is 2. The van der Waals surface area contributed by atoms with Gasteiger partial charge in [-0.15, -0.1) is 11.6 Å². The molecule has 1 saturated carbocycles. The lowest BCUT2D eigenvalue weighted by molar-refractivity contribution is -0.139. The number of carbonyl (C=O) groups excluding carboxylic acids is 2. The van der Waals surface area contributed by atoms with Crippen LogP contribution in [0.2, 0.25) is 0 Å². The fourth-order valence-corrected chi connectivity index (χ4v) is 3.69. The van der Waals surface area contributed by atoms with Gasteiger partial charge in [0, 0.05) is 12.6 Å². The highest BCUT2D eigenvalue weighted by Gasteiger charge is 2.31. The largest absolute Gasteiger partial charge is 0.351 e. The molecule has 0 aromatic heterocycles. The molecule has 1 atom stereocenters. The molecule has 1 fully saturated rings. The van der Waals surface area contributed by atoms with Gasteiger partial charge in [-0.05, 0) is 37.0 Å². The second kappa shape index (κ2) is 10.5. The van der Waals surface area contributed by atoms with Crippen molar-refractivity contribution in [3.05, 3.63) is 35.6 Å². The quantitative estimate of drug-likeness (QED) is 0.568. The summed E-state index contributed by atoms with van der Waals surface area (Å²) in [6.45, 7) is 2.37. The van der Waals surface area contributed by atoms with E-state index in [1.54, 1.807) is 12.1 Å². The zero-order chi connectivity index (χ0) is 18.9. The van der Waals surface area contributed by atoms with Gasteiger partial charge in [0.1, 0.15) is 17.7 Å². The van der Waals surface area contributed by atoms with Gasteiger partial charge >= 0.3 is 0 Å². The van der Waals surface area contributed by atoms with Crippen LogP contribution in [0.4, 0.5) is 4.39 Å². The molecule has 1 N–H and O–H groups in total. The van der Waals surface area contributed by atoms with Gasteiger partial charge in [-0.2, -0.15) is 0 Å². The first-order chi connectivity index (χ1) is 12.6. The first kappa shape index (κ1) is 20.7. The van der Waals surface area contributed by atoms with E-state index in [0.29, 0.717) is 18.5 Å². The molecule has 1 aliphatic carbocycles. The van der Waals surface area contributed by atoms with E-state index in [1.807, 2.05) is 6.92 Å². The molecule has 1 aromatic carbocycles. The van der Waals surface area contributed by atoms with E-state index < -0.39 is 6.04 Å². The summed E-state index contributed by atoms with van der Waals surface area (Å²) in [4.78, 5) is 27.0. The van der Waals surface area contributed by atoms with Gasteiger partial charge in [0.2, 0.25) is 11.8 Å². The van der Waals surface area contributed by atoms with Gasteiger partial charge in [0.05, 0.1) is 0 Å². The zero-order valence-electron chi connectivity index (χ0n) is 15.3. The van der Waals surface area contributed by atoms with E-state index >= 15 is 0 Å². The number of alkyl halides is 1. The third-order valence-corrected chi connectivity index (χ3v) is 5.08. The average molecular weight is 383 g/mol. The maximum Gasteiger partial charge on any atom is 0.247 e. The molecule has 1 aromatic rings. The van der Waals surface area contributed by atoms with Crippen LogP contribution in [0.25, 0.3) is 0 Å². The Morgan fingerprint density at radius 1 is 1.19 bits per heavy atom. The Balaban J connectivity index is 2.26. The summed E-state index contributed by atoms with van der Waals surface area (Å²) in [6.07, 6.45) is 7.22. The van der Waals surface area contributed by atoms with E-state index in [2.05, 4.69) is 5.32 Å². The van der Waals surface area contributed by atoms with Crippen molar-refractivity contribution in [2.75, 3.05) is 12.4 Å². The molecular formula is C20H28ClFN2O2. The fourth-order valence-electron chi connectivity index (χ4n) is 3.54. The zero-order valence-corrected chi connectivity index (χ0v) is 16.1. The normalized spacial score (nSPS) is 16.6. The molecule has 2 amide bonds. The lowest BCUT2D eigenvalue weighted by Crippen LogP contribution is -2.47. The summed E-state index contributed by atoms with van der Waals surface area (Å²) in [5.41, 5.74) is 0.601. The van der Waals surface area contributed by atoms with Gasteiger partial charge in [0.25, 0.3) is 0 Å². The molecule has 26 heavy (non-hydrogen) atoms. The van der Waals surface area contributed by atoms with Crippen molar-refractivity contribution in [2.45, 2.75) is 64.0 Å². The Bertz CT molecular complexity index is 586. The van der Waals surface area contributed by atoms with Crippen LogP contribution >= 0.6 is 11.6 Å². The minimum absolute atomic E-state index is 0.127. The first-order valence-corrected chi connectivity index (χ1v) is 10.0. The summed E-state index contributed by atoms with van der Waals surface area (Å²) in [5.74, 6) is -1.06. The van der Waals surface area contributed by atoms with Crippen molar-refractivity contribution in [1.29, 1.82) is 0 Å². The molecule has 0 aliphatic heterocycles. The molecule has 0 spiro atoms. The molecule has 1 aliphatic rings. The van der Waals surface area contributed by atoms with Crippen molar-refractivity contribution >= 4 is 23.4 Å². The first-order valence-electron chi connectivity index (χ1n) is 9.48. The van der Waals surface area contributed by atoms with Gasteiger partial charge in [-0.3, -0.25) is 9.59 Å². The molecule has 2 rings (SSSR count). The molecule has 1 unspecified atom stereocenters. The molecule has 0 radical (unpaired) electrons. The van der Waals surface area contributed by atoms with E-state index in [9.17, 15) is 14.0 Å². The standard InChI is InChI=1S/C20H28ClFN2O2/c1-2-13-24(18(25)14-21)19(15-9-11-16(22)12-10-15)20(26)23-17-7-5-3-4-6-8-17/h9-12,17,19H,2-8,13-14H2,1H3,(H,23,26). The maximum absolute atomic E-state index is 13.3. The number of hydrogen-bond donors (Lipinski definition) is 1. The second-order valence-corrected chi connectivity index (χ2v) is 7.14. The predicted octanol–water partition coefficient (Wildman–Crippen LogP) is 4.18. The van der Waals surface area contributed by atoms with Crippen LogP contribution in [-0.2, 0) is 9.59 Å². The van der Waals surface area contributed by atoms with Gasteiger partial charge in [0.15, 0.2) is 0 Å². The average Bonchev–Trinajstić information content (AvgIpc) is 2.90. The lowest BCUT2D eigenvalue weighted by Gasteiger charge is -2.32. The van der Waals surface area contributed by atoms with Crippen LogP contribution in [0.3, 0.4) is 0 Å². The SMILES string of the molecule is CCCN(C(=O)CCl)C(C(=O)NC1CCCCCC1)c1ccc(F)cc1. The number of amides is 2. The van der Waals surface area contributed by atoms with Crippen molar-refractivity contribution in [3.63, 3.8) is 0 Å². The summed E-state index contributed by atoms with van der Waals surface area (Å²) in [5, 5.41) is 3.12. The Hall–Kier alpha value is -1.62. The smallest absolute Gasteiger partial charge is 0.247 e. The third-order valence-electron chi connectivity index (χ3n) is 4.85. The van der Waals surface area contributed by atoms with Crippen LogP contribution in [0, 0.1) is 5.82 Å². The summed E-state index contributed by atoms with van der Waals surface area (Å²) < 4.78 is 13.3. The minimum atomic E-state index is -0.787. The Morgan fingerprint density at radius 3 is 2.35 bits per heavy atom. The highest BCUT2D eigenvalue weighted by Crippen LogP contribution is 2.24. The van der Waals surface area contributed by atoms with Crippen molar-refractivity contribution in [1.82, 2.24) is 10.2 Å². The number of nitrogens with one attached hydrogen (secondary N) is 1. The number of hydrogen-bond acceptors (Lipinski definition) is 2. The molecule has 144 valence electrons. The number of rotatable bonds is 7. The maximum atomic E-state index is 13.3. The van der Waals surface area contributed by atoms with E-state index in [-0.39, 0.29) is 29.6 Å². The van der Waals surface area contributed by atoms with Crippen LogP contribution < -0.4 is 5.32 Å². The number of benzene rings is 1. The van der Waals surface area contributed by atoms with E-state index in [0.717, 1.165) is 25.7 Å². The molecule has 4 nitrogen and oxygen atoms in total. The van der Waals surface area contributed by atoms with Crippen molar-refractivity contribution in [2.24, 2.45) is 0 Å². The summed E-state index contributed by atoms with van der Waals surface area (Å²) in [6, 6.07) is 5.11. The summed E-state index contributed by atoms with van der Waals surface area (Å²) >= 11 is 5.77. The predicted molar refractivity (Wildman–Crippen MR) is 101 cm³/mol. The number of carbonyl (C=O) groups is 2. The van der Waals surface area contributed by atoms with E-state index in [4.69, 9.17) is 11.6 Å². The molecule has 6 heteroatoms. The van der Waals surface area contributed by atoms with Crippen LogP contribution in [0.5, 0.6) is 0 Å². The summed E-state index contributed by atoms with van der Waals surface area (Å²) in [7, 11) is 0.